The fraction of sp³-hybridized carbons (Fsp3) is 0.364. The molecule has 28 heavy (non-hydrogen) atoms. The van der Waals surface area contributed by atoms with E-state index in [9.17, 15) is 9.59 Å². The van der Waals surface area contributed by atoms with Crippen LogP contribution in [0.1, 0.15) is 22.3 Å². The number of nitrogens with one attached hydrogen (secondary N) is 3. The van der Waals surface area contributed by atoms with Gasteiger partial charge in [0.1, 0.15) is 12.3 Å². The third-order valence-corrected chi connectivity index (χ3v) is 4.58. The van der Waals surface area contributed by atoms with Gasteiger partial charge in [-0.3, -0.25) is 9.59 Å². The Kier molecular flexibility index (Phi) is 7.58. The SMILES string of the molecule is COc1ccc(C)cc1C[NH+](C)CC(=O)NCC(=O)Nc1c(C)cccc1C. The van der Waals surface area contributed by atoms with Crippen LogP contribution in [0.15, 0.2) is 36.4 Å². The van der Waals surface area contributed by atoms with Gasteiger partial charge in [0, 0.05) is 11.3 Å². The van der Waals surface area contributed by atoms with Crippen LogP contribution in [0.25, 0.3) is 0 Å². The minimum absolute atomic E-state index is 0.0480. The third kappa shape index (κ3) is 6.09. The summed E-state index contributed by atoms with van der Waals surface area (Å²) in [6.07, 6.45) is 0. The number of hydrogen-bond acceptors (Lipinski definition) is 3. The summed E-state index contributed by atoms with van der Waals surface area (Å²) in [5, 5.41) is 5.57. The van der Waals surface area contributed by atoms with Crippen LogP contribution in [-0.4, -0.2) is 39.1 Å². The first-order chi connectivity index (χ1) is 13.3. The summed E-state index contributed by atoms with van der Waals surface area (Å²) < 4.78 is 5.39. The first-order valence-corrected chi connectivity index (χ1v) is 9.37. The number of hydrogen-bond donors (Lipinski definition) is 3. The molecule has 2 amide bonds. The summed E-state index contributed by atoms with van der Waals surface area (Å²) in [6, 6.07) is 11.8. The van der Waals surface area contributed by atoms with Crippen LogP contribution in [0.4, 0.5) is 5.69 Å². The van der Waals surface area contributed by atoms with E-state index in [1.165, 1.54) is 0 Å². The van der Waals surface area contributed by atoms with Gasteiger partial charge >= 0.3 is 0 Å². The number of benzene rings is 2. The molecule has 0 bridgehead atoms. The third-order valence-electron chi connectivity index (χ3n) is 4.58. The zero-order chi connectivity index (χ0) is 20.7. The van der Waals surface area contributed by atoms with Crippen molar-refractivity contribution < 1.29 is 19.2 Å². The first-order valence-electron chi connectivity index (χ1n) is 9.37. The summed E-state index contributed by atoms with van der Waals surface area (Å²) in [7, 11) is 3.59. The highest BCUT2D eigenvalue weighted by Crippen LogP contribution is 2.19. The lowest BCUT2D eigenvalue weighted by atomic mass is 10.1. The Bertz CT molecular complexity index is 829. The van der Waals surface area contributed by atoms with Crippen molar-refractivity contribution in [3.63, 3.8) is 0 Å². The molecule has 0 saturated carbocycles. The highest BCUT2D eigenvalue weighted by molar-refractivity contribution is 5.95. The Morgan fingerprint density at radius 3 is 2.36 bits per heavy atom. The van der Waals surface area contributed by atoms with Gasteiger partial charge in [0.25, 0.3) is 5.91 Å². The van der Waals surface area contributed by atoms with Crippen LogP contribution < -0.4 is 20.3 Å². The van der Waals surface area contributed by atoms with Crippen molar-refractivity contribution in [2.45, 2.75) is 27.3 Å². The predicted molar refractivity (Wildman–Crippen MR) is 111 cm³/mol. The van der Waals surface area contributed by atoms with Crippen molar-refractivity contribution in [2.75, 3.05) is 32.6 Å². The average Bonchev–Trinajstić information content (AvgIpc) is 2.63. The van der Waals surface area contributed by atoms with Crippen molar-refractivity contribution in [1.82, 2.24) is 5.32 Å². The molecule has 0 aliphatic heterocycles. The average molecular weight is 385 g/mol. The van der Waals surface area contributed by atoms with E-state index in [-0.39, 0.29) is 24.9 Å². The summed E-state index contributed by atoms with van der Waals surface area (Å²) in [6.45, 7) is 6.80. The molecule has 3 N–H and O–H groups in total. The molecule has 0 aromatic heterocycles. The highest BCUT2D eigenvalue weighted by atomic mass is 16.5. The number of aryl methyl sites for hydroxylation is 3. The van der Waals surface area contributed by atoms with Gasteiger partial charge < -0.3 is 20.3 Å². The number of amides is 2. The van der Waals surface area contributed by atoms with Crippen LogP contribution in [0.5, 0.6) is 5.75 Å². The summed E-state index contributed by atoms with van der Waals surface area (Å²) in [5.41, 5.74) is 5.00. The van der Waals surface area contributed by atoms with Crippen LogP contribution in [0, 0.1) is 20.8 Å². The van der Waals surface area contributed by atoms with Gasteiger partial charge in [0.05, 0.1) is 20.7 Å². The maximum absolute atomic E-state index is 12.2. The van der Waals surface area contributed by atoms with Gasteiger partial charge in [0.15, 0.2) is 6.54 Å². The Hall–Kier alpha value is -2.86. The quantitative estimate of drug-likeness (QED) is 0.644. The number of carbonyl (C=O) groups is 2. The zero-order valence-electron chi connectivity index (χ0n) is 17.3. The molecule has 1 unspecified atom stereocenters. The molecule has 0 radical (unpaired) electrons. The molecule has 0 fully saturated rings. The molecule has 150 valence electrons. The second-order valence-electron chi connectivity index (χ2n) is 7.22. The van der Waals surface area contributed by atoms with Gasteiger partial charge in [-0.15, -0.1) is 0 Å². The van der Waals surface area contributed by atoms with E-state index < -0.39 is 0 Å². The summed E-state index contributed by atoms with van der Waals surface area (Å²) in [4.78, 5) is 25.4. The second-order valence-corrected chi connectivity index (χ2v) is 7.22. The van der Waals surface area contributed by atoms with Crippen LogP contribution in [-0.2, 0) is 16.1 Å². The van der Waals surface area contributed by atoms with Crippen molar-refractivity contribution in [3.05, 3.63) is 58.7 Å². The number of carbonyl (C=O) groups excluding carboxylic acids is 2. The summed E-state index contributed by atoms with van der Waals surface area (Å²) in [5.74, 6) is 0.419. The minimum Gasteiger partial charge on any atom is -0.496 e. The van der Waals surface area contributed by atoms with Gasteiger partial charge in [-0.05, 0) is 44.0 Å². The maximum atomic E-state index is 12.2. The Labute approximate surface area is 166 Å². The number of para-hydroxylation sites is 1. The van der Waals surface area contributed by atoms with E-state index in [0.29, 0.717) is 6.54 Å². The molecule has 0 aliphatic carbocycles. The normalized spacial score (nSPS) is 11.6. The van der Waals surface area contributed by atoms with E-state index in [2.05, 4.69) is 16.7 Å². The monoisotopic (exact) mass is 384 g/mol. The number of anilines is 1. The molecule has 0 spiro atoms. The van der Waals surface area contributed by atoms with Crippen LogP contribution in [0.3, 0.4) is 0 Å². The second kappa shape index (κ2) is 9.90. The van der Waals surface area contributed by atoms with Gasteiger partial charge in [-0.25, -0.2) is 0 Å². The Balaban J connectivity index is 1.83. The van der Waals surface area contributed by atoms with Crippen LogP contribution >= 0.6 is 0 Å². The standard InChI is InChI=1S/C22H29N3O3/c1-15-9-10-19(28-5)18(11-15)13-25(4)14-21(27)23-12-20(26)24-22-16(2)7-6-8-17(22)3/h6-11H,12-14H2,1-5H3,(H,23,27)(H,24,26)/p+1. The molecule has 2 aromatic rings. The summed E-state index contributed by atoms with van der Waals surface area (Å²) >= 11 is 0. The lowest BCUT2D eigenvalue weighted by Gasteiger charge is -2.16. The molecule has 2 aromatic carbocycles. The molecule has 0 saturated heterocycles. The Morgan fingerprint density at radius 2 is 1.71 bits per heavy atom. The molecular formula is C22H30N3O3+. The van der Waals surface area contributed by atoms with E-state index in [1.54, 1.807) is 7.11 Å². The molecule has 2 rings (SSSR count). The molecule has 6 nitrogen and oxygen atoms in total. The van der Waals surface area contributed by atoms with Crippen LogP contribution in [0.2, 0.25) is 0 Å². The molecule has 0 aliphatic rings. The molecule has 1 atom stereocenters. The smallest absolute Gasteiger partial charge is 0.275 e. The number of rotatable bonds is 8. The van der Waals surface area contributed by atoms with E-state index in [4.69, 9.17) is 4.74 Å². The maximum Gasteiger partial charge on any atom is 0.275 e. The number of methoxy groups -OCH3 is 1. The van der Waals surface area contributed by atoms with Gasteiger partial charge in [-0.2, -0.15) is 0 Å². The van der Waals surface area contributed by atoms with Gasteiger partial charge in [0.2, 0.25) is 5.91 Å². The largest absolute Gasteiger partial charge is 0.496 e. The van der Waals surface area contributed by atoms with Crippen molar-refractivity contribution in [1.29, 1.82) is 0 Å². The number of likely N-dealkylation sites (N-methyl/N-ethyl adjacent to an activating group) is 1. The lowest BCUT2D eigenvalue weighted by Crippen LogP contribution is -3.08. The van der Waals surface area contributed by atoms with Crippen molar-refractivity contribution in [2.24, 2.45) is 0 Å². The molecule has 6 heteroatoms. The fourth-order valence-corrected chi connectivity index (χ4v) is 3.14. The number of ether oxygens (including phenoxy) is 1. The Morgan fingerprint density at radius 1 is 1.04 bits per heavy atom. The predicted octanol–water partition coefficient (Wildman–Crippen LogP) is 1.39. The molecule has 0 heterocycles. The highest BCUT2D eigenvalue weighted by Gasteiger charge is 2.15. The van der Waals surface area contributed by atoms with Crippen molar-refractivity contribution in [3.8, 4) is 5.75 Å². The lowest BCUT2D eigenvalue weighted by molar-refractivity contribution is -0.885. The first kappa shape index (κ1) is 21.4. The minimum atomic E-state index is -0.233. The fourth-order valence-electron chi connectivity index (χ4n) is 3.14. The zero-order valence-corrected chi connectivity index (χ0v) is 17.3. The number of quaternary nitrogens is 1. The van der Waals surface area contributed by atoms with Crippen molar-refractivity contribution >= 4 is 17.5 Å². The van der Waals surface area contributed by atoms with Gasteiger partial charge in [-0.1, -0.05) is 29.8 Å². The topological polar surface area (TPSA) is 71.9 Å². The molecular weight excluding hydrogens is 354 g/mol. The van der Waals surface area contributed by atoms with E-state index in [0.717, 1.165) is 38.6 Å². The van der Waals surface area contributed by atoms with E-state index >= 15 is 0 Å². The van der Waals surface area contributed by atoms with E-state index in [1.807, 2.05) is 58.2 Å².